The van der Waals surface area contributed by atoms with Crippen molar-refractivity contribution in [2.75, 3.05) is 6.54 Å². The van der Waals surface area contributed by atoms with Crippen LogP contribution in [0.4, 0.5) is 0 Å². The van der Waals surface area contributed by atoms with Gasteiger partial charge in [-0.25, -0.2) is 0 Å². The van der Waals surface area contributed by atoms with Gasteiger partial charge in [-0.3, -0.25) is 0 Å². The van der Waals surface area contributed by atoms with E-state index in [9.17, 15) is 5.11 Å². The van der Waals surface area contributed by atoms with Gasteiger partial charge in [0, 0.05) is 12.8 Å². The minimum atomic E-state index is -1.06. The van der Waals surface area contributed by atoms with Crippen LogP contribution in [0.5, 0.6) is 0 Å². The monoisotopic (exact) mass is 225 g/mol. The van der Waals surface area contributed by atoms with Gasteiger partial charge in [-0.2, -0.15) is 15.5 Å². The average Bonchev–Trinajstić information content (AvgIpc) is 2.09. The molecule has 0 rings (SSSR count). The van der Waals surface area contributed by atoms with Crippen LogP contribution >= 0.6 is 0 Å². The Morgan fingerprint density at radius 3 is 2.06 bits per heavy atom. The first kappa shape index (κ1) is 15.0. The van der Waals surface area contributed by atoms with E-state index in [4.69, 9.17) is 5.26 Å². The summed E-state index contributed by atoms with van der Waals surface area (Å²) in [5, 5.41) is 26.6. The largest absolute Gasteiger partial charge is 0.368 e. The molecule has 0 heterocycles. The highest BCUT2D eigenvalue weighted by Gasteiger charge is 2.28. The fraction of sp³-hybridized carbons (Fsp3) is 0.917. The number of hydrogen-bond acceptors (Lipinski definition) is 4. The van der Waals surface area contributed by atoms with E-state index < -0.39 is 5.72 Å². The number of rotatable bonds is 7. The first-order valence-corrected chi connectivity index (χ1v) is 5.87. The summed E-state index contributed by atoms with van der Waals surface area (Å²) in [5.74, 6) is 0.748. The van der Waals surface area contributed by atoms with Gasteiger partial charge < -0.3 is 5.11 Å². The van der Waals surface area contributed by atoms with Crippen molar-refractivity contribution in [1.82, 2.24) is 0 Å². The van der Waals surface area contributed by atoms with Crippen LogP contribution in [0.1, 0.15) is 47.0 Å². The van der Waals surface area contributed by atoms with E-state index >= 15 is 0 Å². The number of aliphatic hydroxyl groups is 1. The van der Waals surface area contributed by atoms with Gasteiger partial charge in [0.25, 0.3) is 0 Å². The summed E-state index contributed by atoms with van der Waals surface area (Å²) >= 11 is 0. The van der Waals surface area contributed by atoms with Crippen molar-refractivity contribution in [2.24, 2.45) is 22.1 Å². The van der Waals surface area contributed by atoms with E-state index in [1.807, 2.05) is 6.07 Å². The fourth-order valence-electron chi connectivity index (χ4n) is 1.75. The Labute approximate surface area is 98.4 Å². The zero-order chi connectivity index (χ0) is 12.6. The van der Waals surface area contributed by atoms with Gasteiger partial charge in [-0.1, -0.05) is 27.7 Å². The van der Waals surface area contributed by atoms with E-state index in [-0.39, 0.29) is 0 Å². The molecule has 0 aliphatic rings. The van der Waals surface area contributed by atoms with E-state index in [1.165, 1.54) is 0 Å². The van der Waals surface area contributed by atoms with Crippen LogP contribution in [0.3, 0.4) is 0 Å². The van der Waals surface area contributed by atoms with Gasteiger partial charge in [-0.05, 0) is 11.8 Å². The highest BCUT2D eigenvalue weighted by molar-refractivity contribution is 4.78. The molecule has 0 saturated carbocycles. The average molecular weight is 225 g/mol. The molecule has 0 radical (unpaired) electrons. The molecular formula is C12H23N3O. The molecule has 0 atom stereocenters. The smallest absolute Gasteiger partial charge is 0.176 e. The SMILES string of the molecule is CC(C)CC(O)(CC(C)C)N=NCCC#N. The minimum absolute atomic E-state index is 0.350. The topological polar surface area (TPSA) is 68.7 Å². The van der Waals surface area contributed by atoms with Gasteiger partial charge in [0.05, 0.1) is 19.0 Å². The molecule has 0 aliphatic carbocycles. The standard InChI is InChI=1S/C12H23N3O/c1-10(2)8-12(16,9-11(3)4)15-14-7-5-6-13/h10-11,16H,5,7-9H2,1-4H3. The molecule has 0 bridgehead atoms. The third kappa shape index (κ3) is 7.36. The van der Waals surface area contributed by atoms with Crippen molar-refractivity contribution in [3.8, 4) is 6.07 Å². The predicted octanol–water partition coefficient (Wildman–Crippen LogP) is 3.13. The Morgan fingerprint density at radius 2 is 1.69 bits per heavy atom. The van der Waals surface area contributed by atoms with Crippen molar-refractivity contribution >= 4 is 0 Å². The summed E-state index contributed by atoms with van der Waals surface area (Å²) in [6, 6.07) is 2.00. The van der Waals surface area contributed by atoms with Crippen LogP contribution < -0.4 is 0 Å². The Kier molecular flexibility index (Phi) is 6.91. The molecule has 0 amide bonds. The molecule has 0 saturated heterocycles. The molecule has 4 nitrogen and oxygen atoms in total. The van der Waals surface area contributed by atoms with Crippen LogP contribution in [-0.2, 0) is 0 Å². The number of nitrogens with zero attached hydrogens (tertiary/aromatic N) is 3. The highest BCUT2D eigenvalue weighted by atomic mass is 16.3. The van der Waals surface area contributed by atoms with E-state index in [0.717, 1.165) is 0 Å². The molecule has 0 spiro atoms. The van der Waals surface area contributed by atoms with Crippen molar-refractivity contribution in [2.45, 2.75) is 52.7 Å². The van der Waals surface area contributed by atoms with E-state index in [2.05, 4.69) is 37.9 Å². The van der Waals surface area contributed by atoms with Gasteiger partial charge in [0.1, 0.15) is 0 Å². The highest BCUT2D eigenvalue weighted by Crippen LogP contribution is 2.26. The van der Waals surface area contributed by atoms with Crippen molar-refractivity contribution in [3.63, 3.8) is 0 Å². The zero-order valence-electron chi connectivity index (χ0n) is 10.8. The molecular weight excluding hydrogens is 202 g/mol. The molecule has 0 unspecified atom stereocenters. The molecule has 0 aromatic rings. The van der Waals surface area contributed by atoms with E-state index in [0.29, 0.717) is 37.6 Å². The molecule has 0 aliphatic heterocycles. The number of hydrogen-bond donors (Lipinski definition) is 1. The molecule has 16 heavy (non-hydrogen) atoms. The summed E-state index contributed by atoms with van der Waals surface area (Å²) in [6.45, 7) is 8.58. The molecule has 0 aromatic heterocycles. The molecule has 92 valence electrons. The van der Waals surface area contributed by atoms with Crippen molar-refractivity contribution in [1.29, 1.82) is 5.26 Å². The second-order valence-corrected chi connectivity index (χ2v) is 5.05. The first-order valence-electron chi connectivity index (χ1n) is 5.87. The lowest BCUT2D eigenvalue weighted by molar-refractivity contribution is 0.00154. The lowest BCUT2D eigenvalue weighted by Gasteiger charge is -2.26. The molecule has 1 N–H and O–H groups in total. The van der Waals surface area contributed by atoms with Crippen molar-refractivity contribution < 1.29 is 5.11 Å². The first-order chi connectivity index (χ1) is 7.39. The quantitative estimate of drug-likeness (QED) is 0.534. The van der Waals surface area contributed by atoms with Crippen LogP contribution in [0.15, 0.2) is 10.2 Å². The van der Waals surface area contributed by atoms with Gasteiger partial charge >= 0.3 is 0 Å². The third-order valence-corrected chi connectivity index (χ3v) is 2.05. The van der Waals surface area contributed by atoms with Gasteiger partial charge in [-0.15, -0.1) is 0 Å². The van der Waals surface area contributed by atoms with Gasteiger partial charge in [0.15, 0.2) is 5.72 Å². The molecule has 0 aromatic carbocycles. The summed E-state index contributed by atoms with van der Waals surface area (Å²) in [4.78, 5) is 0. The Balaban J connectivity index is 4.41. The maximum absolute atomic E-state index is 10.3. The maximum Gasteiger partial charge on any atom is 0.176 e. The normalized spacial score (nSPS) is 12.6. The Morgan fingerprint density at radius 1 is 1.19 bits per heavy atom. The lowest BCUT2D eigenvalue weighted by atomic mass is 9.93. The minimum Gasteiger partial charge on any atom is -0.368 e. The fourth-order valence-corrected chi connectivity index (χ4v) is 1.75. The van der Waals surface area contributed by atoms with Crippen LogP contribution in [0.2, 0.25) is 0 Å². The number of nitriles is 1. The third-order valence-electron chi connectivity index (χ3n) is 2.05. The second kappa shape index (κ2) is 7.34. The predicted molar refractivity (Wildman–Crippen MR) is 63.8 cm³/mol. The summed E-state index contributed by atoms with van der Waals surface area (Å²) in [5.41, 5.74) is -1.06. The van der Waals surface area contributed by atoms with Crippen LogP contribution in [0.25, 0.3) is 0 Å². The summed E-state index contributed by atoms with van der Waals surface area (Å²) < 4.78 is 0. The molecule has 4 heteroatoms. The molecule has 0 fully saturated rings. The Hall–Kier alpha value is -0.950. The van der Waals surface area contributed by atoms with Gasteiger partial charge in [0.2, 0.25) is 0 Å². The lowest BCUT2D eigenvalue weighted by Crippen LogP contribution is -2.29. The number of azo groups is 1. The zero-order valence-corrected chi connectivity index (χ0v) is 10.8. The van der Waals surface area contributed by atoms with Crippen molar-refractivity contribution in [3.05, 3.63) is 0 Å². The van der Waals surface area contributed by atoms with Crippen LogP contribution in [0, 0.1) is 23.2 Å². The summed E-state index contributed by atoms with van der Waals surface area (Å²) in [6.07, 6.45) is 1.57. The second-order valence-electron chi connectivity index (χ2n) is 5.05. The van der Waals surface area contributed by atoms with E-state index in [1.54, 1.807) is 0 Å². The summed E-state index contributed by atoms with van der Waals surface area (Å²) in [7, 11) is 0. The van der Waals surface area contributed by atoms with Crippen LogP contribution in [-0.4, -0.2) is 17.4 Å². The Bertz CT molecular complexity index is 243. The maximum atomic E-state index is 10.3.